The van der Waals surface area contributed by atoms with Crippen LogP contribution in [0.3, 0.4) is 0 Å². The Morgan fingerprint density at radius 1 is 1.24 bits per heavy atom. The highest BCUT2D eigenvalue weighted by Crippen LogP contribution is 2.30. The molecule has 2 rings (SSSR count). The van der Waals surface area contributed by atoms with Crippen molar-refractivity contribution in [3.8, 4) is 11.8 Å². The van der Waals surface area contributed by atoms with Gasteiger partial charge in [0.15, 0.2) is 0 Å². The lowest BCUT2D eigenvalue weighted by Gasteiger charge is -2.14. The number of nitrogens with one attached hydrogen (secondary N) is 1. The number of ether oxygens (including phenoxy) is 1. The summed E-state index contributed by atoms with van der Waals surface area (Å²) in [5.74, 6) is 0.681. The van der Waals surface area contributed by atoms with Gasteiger partial charge in [-0.2, -0.15) is 5.26 Å². The number of hydrogen-bond donors (Lipinski definition) is 2. The summed E-state index contributed by atoms with van der Waals surface area (Å²) in [6, 6.07) is 12.5. The van der Waals surface area contributed by atoms with Crippen LogP contribution in [-0.2, 0) is 0 Å². The van der Waals surface area contributed by atoms with Gasteiger partial charge in [0.25, 0.3) is 0 Å². The molecular formula is C16H16ClN3O. The van der Waals surface area contributed by atoms with Gasteiger partial charge < -0.3 is 15.8 Å². The van der Waals surface area contributed by atoms with E-state index in [1.807, 2.05) is 19.9 Å². The number of anilines is 3. The normalized spacial score (nSPS) is 10.2. The molecule has 0 saturated carbocycles. The predicted molar refractivity (Wildman–Crippen MR) is 86.1 cm³/mol. The van der Waals surface area contributed by atoms with E-state index in [0.717, 1.165) is 5.69 Å². The van der Waals surface area contributed by atoms with Crippen molar-refractivity contribution in [1.82, 2.24) is 0 Å². The minimum absolute atomic E-state index is 0.0603. The van der Waals surface area contributed by atoms with Crippen LogP contribution in [0.15, 0.2) is 36.4 Å². The fourth-order valence-corrected chi connectivity index (χ4v) is 2.05. The topological polar surface area (TPSA) is 71.1 Å². The Kier molecular flexibility index (Phi) is 4.56. The van der Waals surface area contributed by atoms with Crippen LogP contribution in [0.25, 0.3) is 0 Å². The molecule has 0 aliphatic rings. The minimum Gasteiger partial charge on any atom is -0.491 e. The molecule has 4 nitrogen and oxygen atoms in total. The summed E-state index contributed by atoms with van der Waals surface area (Å²) < 4.78 is 5.64. The molecule has 108 valence electrons. The number of halogens is 1. The number of rotatable bonds is 4. The average molecular weight is 302 g/mol. The van der Waals surface area contributed by atoms with E-state index in [9.17, 15) is 0 Å². The number of benzene rings is 2. The molecule has 0 saturated heterocycles. The molecular weight excluding hydrogens is 286 g/mol. The van der Waals surface area contributed by atoms with E-state index in [0.29, 0.717) is 27.7 Å². The van der Waals surface area contributed by atoms with Crippen molar-refractivity contribution in [2.24, 2.45) is 0 Å². The van der Waals surface area contributed by atoms with Gasteiger partial charge in [0.05, 0.1) is 28.4 Å². The molecule has 5 heteroatoms. The molecule has 0 spiro atoms. The monoisotopic (exact) mass is 301 g/mol. The number of hydrogen-bond acceptors (Lipinski definition) is 4. The molecule has 2 aromatic rings. The number of nitrogens with zero attached hydrogens (tertiary/aromatic N) is 1. The maximum absolute atomic E-state index is 8.95. The average Bonchev–Trinajstić information content (AvgIpc) is 2.39. The summed E-state index contributed by atoms with van der Waals surface area (Å²) in [4.78, 5) is 0. The Morgan fingerprint density at radius 2 is 2.00 bits per heavy atom. The minimum atomic E-state index is 0.0603. The maximum Gasteiger partial charge on any atom is 0.123 e. The summed E-state index contributed by atoms with van der Waals surface area (Å²) in [6.07, 6.45) is 0.0603. The second-order valence-corrected chi connectivity index (χ2v) is 5.30. The van der Waals surface area contributed by atoms with Gasteiger partial charge in [0.1, 0.15) is 5.75 Å². The van der Waals surface area contributed by atoms with Crippen molar-refractivity contribution in [2.75, 3.05) is 11.1 Å². The molecule has 0 heterocycles. The van der Waals surface area contributed by atoms with Crippen LogP contribution < -0.4 is 15.8 Å². The first-order valence-electron chi connectivity index (χ1n) is 6.52. The second-order valence-electron chi connectivity index (χ2n) is 4.89. The first kappa shape index (κ1) is 15.0. The third kappa shape index (κ3) is 4.04. The molecule has 21 heavy (non-hydrogen) atoms. The smallest absolute Gasteiger partial charge is 0.123 e. The van der Waals surface area contributed by atoms with E-state index >= 15 is 0 Å². The fourth-order valence-electron chi connectivity index (χ4n) is 1.88. The fraction of sp³-hybridized carbons (Fsp3) is 0.188. The van der Waals surface area contributed by atoms with Gasteiger partial charge in [0, 0.05) is 23.5 Å². The number of nitrogen functional groups attached to an aromatic ring is 1. The van der Waals surface area contributed by atoms with Gasteiger partial charge in [-0.25, -0.2) is 0 Å². The van der Waals surface area contributed by atoms with Crippen molar-refractivity contribution < 1.29 is 4.74 Å². The summed E-state index contributed by atoms with van der Waals surface area (Å²) in [7, 11) is 0. The summed E-state index contributed by atoms with van der Waals surface area (Å²) in [6.45, 7) is 3.90. The molecule has 0 unspecified atom stereocenters. The zero-order chi connectivity index (χ0) is 15.4. The summed E-state index contributed by atoms with van der Waals surface area (Å²) >= 11 is 6.13. The molecule has 0 aliphatic heterocycles. The lowest BCUT2D eigenvalue weighted by atomic mass is 10.2. The van der Waals surface area contributed by atoms with Crippen LogP contribution in [0, 0.1) is 11.3 Å². The van der Waals surface area contributed by atoms with Crippen LogP contribution in [0.4, 0.5) is 17.1 Å². The van der Waals surface area contributed by atoms with Crippen molar-refractivity contribution in [2.45, 2.75) is 20.0 Å². The van der Waals surface area contributed by atoms with E-state index in [2.05, 4.69) is 11.4 Å². The predicted octanol–water partition coefficient (Wildman–Crippen LogP) is 4.32. The largest absolute Gasteiger partial charge is 0.491 e. The Bertz CT molecular complexity index is 692. The molecule has 0 aliphatic carbocycles. The zero-order valence-corrected chi connectivity index (χ0v) is 12.6. The molecule has 3 N–H and O–H groups in total. The van der Waals surface area contributed by atoms with Crippen LogP contribution in [0.5, 0.6) is 5.75 Å². The second kappa shape index (κ2) is 6.38. The number of nitriles is 1. The first-order chi connectivity index (χ1) is 9.97. The van der Waals surface area contributed by atoms with Gasteiger partial charge >= 0.3 is 0 Å². The molecule has 0 amide bonds. The molecule has 0 atom stereocenters. The maximum atomic E-state index is 8.95. The van der Waals surface area contributed by atoms with Gasteiger partial charge in [-0.1, -0.05) is 11.6 Å². The van der Waals surface area contributed by atoms with Crippen LogP contribution >= 0.6 is 11.6 Å². The van der Waals surface area contributed by atoms with E-state index in [-0.39, 0.29) is 6.10 Å². The van der Waals surface area contributed by atoms with Crippen LogP contribution in [0.1, 0.15) is 19.4 Å². The Hall–Kier alpha value is -2.38. The van der Waals surface area contributed by atoms with Gasteiger partial charge in [0.2, 0.25) is 0 Å². The zero-order valence-electron chi connectivity index (χ0n) is 11.9. The van der Waals surface area contributed by atoms with Crippen molar-refractivity contribution in [1.29, 1.82) is 5.26 Å². The third-order valence-corrected chi connectivity index (χ3v) is 3.00. The molecule has 2 aromatic carbocycles. The van der Waals surface area contributed by atoms with Crippen LogP contribution in [0.2, 0.25) is 5.02 Å². The van der Waals surface area contributed by atoms with E-state index < -0.39 is 0 Å². The van der Waals surface area contributed by atoms with Crippen molar-refractivity contribution in [3.05, 3.63) is 47.0 Å². The molecule has 0 fully saturated rings. The molecule has 0 radical (unpaired) electrons. The van der Waals surface area contributed by atoms with Gasteiger partial charge in [-0.3, -0.25) is 0 Å². The first-order valence-corrected chi connectivity index (χ1v) is 6.89. The van der Waals surface area contributed by atoms with E-state index in [1.54, 1.807) is 30.3 Å². The van der Waals surface area contributed by atoms with E-state index in [1.165, 1.54) is 0 Å². The van der Waals surface area contributed by atoms with Gasteiger partial charge in [-0.05, 0) is 38.1 Å². The third-order valence-electron chi connectivity index (χ3n) is 2.68. The number of nitrogens with two attached hydrogens (primary N) is 1. The van der Waals surface area contributed by atoms with Gasteiger partial charge in [-0.15, -0.1) is 0 Å². The highest BCUT2D eigenvalue weighted by Gasteiger charge is 2.06. The van der Waals surface area contributed by atoms with Crippen molar-refractivity contribution in [3.63, 3.8) is 0 Å². The van der Waals surface area contributed by atoms with Crippen LogP contribution in [-0.4, -0.2) is 6.10 Å². The summed E-state index contributed by atoms with van der Waals surface area (Å²) in [5, 5.41) is 12.6. The highest BCUT2D eigenvalue weighted by molar-refractivity contribution is 6.33. The van der Waals surface area contributed by atoms with Crippen molar-refractivity contribution >= 4 is 28.7 Å². The Morgan fingerprint density at radius 3 is 2.67 bits per heavy atom. The highest BCUT2D eigenvalue weighted by atomic mass is 35.5. The SMILES string of the molecule is CC(C)Oc1cc(N)cc(Nc2cc(C#N)ccc2Cl)c1. The summed E-state index contributed by atoms with van der Waals surface area (Å²) in [5.41, 5.74) is 8.40. The van der Waals surface area contributed by atoms with E-state index in [4.69, 9.17) is 27.3 Å². The quantitative estimate of drug-likeness (QED) is 0.825. The molecule has 0 aromatic heterocycles. The lowest BCUT2D eigenvalue weighted by Crippen LogP contribution is -2.06. The Labute approximate surface area is 129 Å². The Balaban J connectivity index is 2.31. The standard InChI is InChI=1S/C16H16ClN3O/c1-10(2)21-14-7-12(19)6-13(8-14)20-16-5-11(9-18)3-4-15(16)17/h3-8,10,20H,19H2,1-2H3. The lowest BCUT2D eigenvalue weighted by molar-refractivity contribution is 0.242. The molecule has 0 bridgehead atoms.